The number of aromatic nitrogens is 3. The number of rotatable bonds is 5. The average Bonchev–Trinajstić information content (AvgIpc) is 3.27. The van der Waals surface area contributed by atoms with Gasteiger partial charge in [0.15, 0.2) is 5.82 Å². The fourth-order valence-electron chi connectivity index (χ4n) is 2.56. The molecule has 1 aromatic carbocycles. The van der Waals surface area contributed by atoms with E-state index >= 15 is 0 Å². The molecule has 1 saturated carbocycles. The minimum Gasteiger partial charge on any atom is -0.352 e. The van der Waals surface area contributed by atoms with Crippen LogP contribution in [0, 0.1) is 12.8 Å². The molecule has 23 heavy (non-hydrogen) atoms. The van der Waals surface area contributed by atoms with E-state index in [1.807, 2.05) is 13.0 Å². The lowest BCUT2D eigenvalue weighted by Gasteiger charge is -2.13. The first-order valence-electron chi connectivity index (χ1n) is 7.60. The summed E-state index contributed by atoms with van der Waals surface area (Å²) in [6.45, 7) is 3.97. The molecule has 3 rings (SSSR count). The van der Waals surface area contributed by atoms with Crippen molar-refractivity contribution in [2.45, 2.75) is 39.3 Å². The number of hydrogen-bond acceptors (Lipinski definition) is 3. The van der Waals surface area contributed by atoms with Crippen LogP contribution in [0.1, 0.15) is 25.6 Å². The number of benzene rings is 1. The zero-order valence-electron chi connectivity index (χ0n) is 13.0. The van der Waals surface area contributed by atoms with Gasteiger partial charge in [0.1, 0.15) is 12.4 Å². The first-order valence-corrected chi connectivity index (χ1v) is 8.36. The van der Waals surface area contributed by atoms with E-state index in [1.54, 1.807) is 23.7 Å². The average molecular weight is 353 g/mol. The largest absolute Gasteiger partial charge is 0.352 e. The van der Waals surface area contributed by atoms with E-state index in [1.165, 1.54) is 12.8 Å². The smallest absolute Gasteiger partial charge is 0.242 e. The molecule has 0 unspecified atom stereocenters. The summed E-state index contributed by atoms with van der Waals surface area (Å²) in [5.41, 5.74) is 0.781. The van der Waals surface area contributed by atoms with Crippen molar-refractivity contribution in [2.75, 3.05) is 0 Å². The summed E-state index contributed by atoms with van der Waals surface area (Å²) < 4.78 is 1.60. The van der Waals surface area contributed by atoms with Gasteiger partial charge in [0, 0.05) is 11.6 Å². The molecule has 1 aliphatic rings. The molecule has 7 heteroatoms. The predicted molar refractivity (Wildman–Crippen MR) is 90.5 cm³/mol. The monoisotopic (exact) mass is 352 g/mol. The number of carbonyl (C=O) groups is 1. The summed E-state index contributed by atoms with van der Waals surface area (Å²) in [5.74, 6) is 1.77. The van der Waals surface area contributed by atoms with Crippen LogP contribution in [-0.2, 0) is 11.3 Å². The van der Waals surface area contributed by atoms with E-state index < -0.39 is 0 Å². The number of amides is 1. The van der Waals surface area contributed by atoms with Gasteiger partial charge in [0.2, 0.25) is 5.91 Å². The Morgan fingerprint density at radius 2 is 2.13 bits per heavy atom. The number of nitrogens with one attached hydrogen (secondary N) is 1. The lowest BCUT2D eigenvalue weighted by Crippen LogP contribution is -2.36. The van der Waals surface area contributed by atoms with Crippen LogP contribution in [-0.4, -0.2) is 26.7 Å². The van der Waals surface area contributed by atoms with Crippen LogP contribution in [0.4, 0.5) is 0 Å². The molecular formula is C16H18Cl2N4O. The minimum absolute atomic E-state index is 0.0596. The van der Waals surface area contributed by atoms with E-state index in [2.05, 4.69) is 15.4 Å². The highest BCUT2D eigenvalue weighted by molar-refractivity contribution is 6.42. The fourth-order valence-corrected chi connectivity index (χ4v) is 2.86. The van der Waals surface area contributed by atoms with Crippen LogP contribution >= 0.6 is 23.2 Å². The summed E-state index contributed by atoms with van der Waals surface area (Å²) in [6.07, 6.45) is 2.39. The van der Waals surface area contributed by atoms with E-state index in [4.69, 9.17) is 23.2 Å². The maximum atomic E-state index is 12.2. The molecule has 0 radical (unpaired) electrons. The molecule has 1 heterocycles. The number of nitrogens with zero attached hydrogens (tertiary/aromatic N) is 3. The Balaban J connectivity index is 1.79. The molecule has 2 aromatic rings. The molecule has 0 aliphatic heterocycles. The van der Waals surface area contributed by atoms with Gasteiger partial charge in [-0.25, -0.2) is 9.67 Å². The second-order valence-electron chi connectivity index (χ2n) is 5.96. The first kappa shape index (κ1) is 16.3. The molecule has 1 aliphatic carbocycles. The fraction of sp³-hybridized carbons (Fsp3) is 0.438. The Morgan fingerprint density at radius 1 is 1.39 bits per heavy atom. The Kier molecular flexibility index (Phi) is 4.60. The van der Waals surface area contributed by atoms with Crippen LogP contribution in [0.25, 0.3) is 11.4 Å². The summed E-state index contributed by atoms with van der Waals surface area (Å²) in [4.78, 5) is 16.6. The lowest BCUT2D eigenvalue weighted by molar-refractivity contribution is -0.122. The number of carbonyl (C=O) groups excluding carboxylic acids is 1. The minimum atomic E-state index is -0.0596. The molecular weight excluding hydrogens is 335 g/mol. The summed E-state index contributed by atoms with van der Waals surface area (Å²) in [5, 5.41) is 8.27. The third kappa shape index (κ3) is 3.85. The highest BCUT2D eigenvalue weighted by Crippen LogP contribution is 2.32. The molecule has 1 fully saturated rings. The highest BCUT2D eigenvalue weighted by atomic mass is 35.5. The van der Waals surface area contributed by atoms with Crippen molar-refractivity contribution in [2.24, 2.45) is 5.92 Å². The van der Waals surface area contributed by atoms with Gasteiger partial charge >= 0.3 is 0 Å². The van der Waals surface area contributed by atoms with Crippen molar-refractivity contribution in [1.29, 1.82) is 0 Å². The molecule has 1 aromatic heterocycles. The third-order valence-electron chi connectivity index (χ3n) is 3.97. The maximum Gasteiger partial charge on any atom is 0.242 e. The molecule has 0 saturated heterocycles. The Bertz CT molecular complexity index is 740. The summed E-state index contributed by atoms with van der Waals surface area (Å²) in [6, 6.07) is 5.47. The molecule has 0 spiro atoms. The normalized spacial score (nSPS) is 15.5. The van der Waals surface area contributed by atoms with Gasteiger partial charge < -0.3 is 5.32 Å². The molecule has 122 valence electrons. The number of aryl methyl sites for hydroxylation is 1. The molecule has 1 atom stereocenters. The van der Waals surface area contributed by atoms with Crippen molar-refractivity contribution in [3.63, 3.8) is 0 Å². The van der Waals surface area contributed by atoms with Gasteiger partial charge in [-0.15, -0.1) is 0 Å². The van der Waals surface area contributed by atoms with Gasteiger partial charge in [-0.05, 0) is 50.8 Å². The predicted octanol–water partition coefficient (Wildman–Crippen LogP) is 3.48. The van der Waals surface area contributed by atoms with Gasteiger partial charge in [0.05, 0.1) is 10.0 Å². The van der Waals surface area contributed by atoms with Crippen molar-refractivity contribution in [3.8, 4) is 11.4 Å². The zero-order chi connectivity index (χ0) is 16.6. The summed E-state index contributed by atoms with van der Waals surface area (Å²) in [7, 11) is 0. The molecule has 0 bridgehead atoms. The van der Waals surface area contributed by atoms with Crippen LogP contribution < -0.4 is 5.32 Å². The molecule has 1 amide bonds. The van der Waals surface area contributed by atoms with E-state index in [-0.39, 0.29) is 18.5 Å². The standard InChI is InChI=1S/C16H18Cl2N4O/c1-9(11-3-4-11)19-15(23)8-22-16(20-10(2)21-22)12-5-6-13(17)14(18)7-12/h5-7,9,11H,3-4,8H2,1-2H3,(H,19,23)/t9-/m0/s1. The van der Waals surface area contributed by atoms with Gasteiger partial charge in [-0.2, -0.15) is 5.10 Å². The van der Waals surface area contributed by atoms with E-state index in [9.17, 15) is 4.79 Å². The quantitative estimate of drug-likeness (QED) is 0.895. The van der Waals surface area contributed by atoms with Crippen molar-refractivity contribution < 1.29 is 4.79 Å². The van der Waals surface area contributed by atoms with Crippen molar-refractivity contribution in [3.05, 3.63) is 34.1 Å². The topological polar surface area (TPSA) is 59.8 Å². The van der Waals surface area contributed by atoms with Crippen LogP contribution in [0.2, 0.25) is 10.0 Å². The third-order valence-corrected chi connectivity index (χ3v) is 4.71. The van der Waals surface area contributed by atoms with Crippen LogP contribution in [0.3, 0.4) is 0 Å². The maximum absolute atomic E-state index is 12.2. The van der Waals surface area contributed by atoms with Crippen molar-refractivity contribution in [1.82, 2.24) is 20.1 Å². The van der Waals surface area contributed by atoms with Crippen molar-refractivity contribution >= 4 is 29.1 Å². The van der Waals surface area contributed by atoms with Gasteiger partial charge in [-0.3, -0.25) is 4.79 Å². The Morgan fingerprint density at radius 3 is 2.78 bits per heavy atom. The molecule has 5 nitrogen and oxygen atoms in total. The second-order valence-corrected chi connectivity index (χ2v) is 6.78. The Labute approximate surface area is 145 Å². The van der Waals surface area contributed by atoms with Crippen LogP contribution in [0.5, 0.6) is 0 Å². The first-order chi connectivity index (χ1) is 10.9. The second kappa shape index (κ2) is 6.49. The van der Waals surface area contributed by atoms with Gasteiger partial charge in [0.25, 0.3) is 0 Å². The summed E-state index contributed by atoms with van der Waals surface area (Å²) >= 11 is 12.0. The number of halogens is 2. The SMILES string of the molecule is Cc1nc(-c2ccc(Cl)c(Cl)c2)n(CC(=O)N[C@@H](C)C2CC2)n1. The van der Waals surface area contributed by atoms with E-state index in [0.29, 0.717) is 27.6 Å². The van der Waals surface area contributed by atoms with Gasteiger partial charge in [-0.1, -0.05) is 23.2 Å². The molecule has 1 N–H and O–H groups in total. The van der Waals surface area contributed by atoms with E-state index in [0.717, 1.165) is 5.56 Å². The zero-order valence-corrected chi connectivity index (χ0v) is 14.5. The number of hydrogen-bond donors (Lipinski definition) is 1. The lowest BCUT2D eigenvalue weighted by atomic mass is 10.2. The van der Waals surface area contributed by atoms with Crippen LogP contribution in [0.15, 0.2) is 18.2 Å². The Hall–Kier alpha value is -1.59. The highest BCUT2D eigenvalue weighted by Gasteiger charge is 2.29.